The summed E-state index contributed by atoms with van der Waals surface area (Å²) in [6.07, 6.45) is 4.04. The van der Waals surface area contributed by atoms with Gasteiger partial charge in [0.1, 0.15) is 5.82 Å². The average Bonchev–Trinajstić information content (AvgIpc) is 3.19. The van der Waals surface area contributed by atoms with Gasteiger partial charge < -0.3 is 24.8 Å². The van der Waals surface area contributed by atoms with Gasteiger partial charge in [-0.05, 0) is 87.7 Å². The Labute approximate surface area is 251 Å². The molecule has 6 nitrogen and oxygen atoms in total. The summed E-state index contributed by atoms with van der Waals surface area (Å²) in [5, 5.41) is 16.2. The maximum atomic E-state index is 11.6. The molecule has 2 aromatic carbocycles. The second-order valence-corrected chi connectivity index (χ2v) is 13.7. The molecule has 2 N–H and O–H groups in total. The van der Waals surface area contributed by atoms with E-state index in [2.05, 4.69) is 45.8 Å². The molecule has 214 valence electrons. The van der Waals surface area contributed by atoms with E-state index < -0.39 is 11.4 Å². The van der Waals surface area contributed by atoms with Crippen LogP contribution in [0.15, 0.2) is 36.4 Å². The Balaban J connectivity index is 1.14. The van der Waals surface area contributed by atoms with Crippen molar-refractivity contribution in [3.05, 3.63) is 57.0 Å². The number of anilines is 2. The number of nitrogens with one attached hydrogen (secondary N) is 1. The Morgan fingerprint density at radius 2 is 1.80 bits per heavy atom. The molecule has 3 heterocycles. The van der Waals surface area contributed by atoms with Crippen molar-refractivity contribution in [3.8, 4) is 0 Å². The van der Waals surface area contributed by atoms with Gasteiger partial charge in [0.05, 0.1) is 27.7 Å². The van der Waals surface area contributed by atoms with E-state index in [9.17, 15) is 9.90 Å². The molecule has 3 aliphatic rings. The Morgan fingerprint density at radius 1 is 1.05 bits per heavy atom. The minimum atomic E-state index is -0.648. The third-order valence-electron chi connectivity index (χ3n) is 9.71. The first kappa shape index (κ1) is 28.0. The Bertz CT molecular complexity index is 1440. The normalized spacial score (nSPS) is 26.4. The van der Waals surface area contributed by atoms with E-state index in [0.29, 0.717) is 32.9 Å². The number of rotatable bonds is 7. The van der Waals surface area contributed by atoms with Crippen molar-refractivity contribution in [1.29, 1.82) is 0 Å². The summed E-state index contributed by atoms with van der Waals surface area (Å²) in [5.74, 6) is 1.90. The smallest absolute Gasteiger partial charge is 0.309 e. The van der Waals surface area contributed by atoms with Gasteiger partial charge in [0, 0.05) is 48.2 Å². The molecule has 40 heavy (non-hydrogen) atoms. The van der Waals surface area contributed by atoms with Crippen LogP contribution in [0, 0.1) is 17.3 Å². The Hall–Kier alpha value is -2.12. The number of aromatic nitrogens is 1. The summed E-state index contributed by atoms with van der Waals surface area (Å²) < 4.78 is 2.25. The van der Waals surface area contributed by atoms with Gasteiger partial charge in [-0.25, -0.2) is 0 Å². The number of fused-ring (bicyclic) bond motifs is 1. The molecule has 2 atom stereocenters. The van der Waals surface area contributed by atoms with Crippen molar-refractivity contribution in [3.63, 3.8) is 0 Å². The van der Waals surface area contributed by atoms with E-state index in [0.717, 1.165) is 61.2 Å². The van der Waals surface area contributed by atoms with Crippen LogP contribution in [0.2, 0.25) is 15.1 Å². The molecule has 0 spiro atoms. The SMILES string of the molecule is C[C@@H](Nc1c(Cl)ccc2cc(N3CC([C@H]4CCCN(C5CC(C)(C(=O)O)C5)C4)C3)n(C)c12)c1ccc(Cl)cc1Cl. The fourth-order valence-corrected chi connectivity index (χ4v) is 7.95. The van der Waals surface area contributed by atoms with Crippen molar-refractivity contribution in [1.82, 2.24) is 9.47 Å². The van der Waals surface area contributed by atoms with E-state index >= 15 is 0 Å². The first-order valence-corrected chi connectivity index (χ1v) is 15.4. The largest absolute Gasteiger partial charge is 0.481 e. The third kappa shape index (κ3) is 4.95. The highest BCUT2D eigenvalue weighted by atomic mass is 35.5. The maximum absolute atomic E-state index is 11.6. The molecular weight excluding hydrogens is 567 g/mol. The van der Waals surface area contributed by atoms with Crippen LogP contribution in [0.5, 0.6) is 0 Å². The summed E-state index contributed by atoms with van der Waals surface area (Å²) in [6, 6.07) is 12.3. The number of nitrogens with zero attached hydrogens (tertiary/aromatic N) is 3. The first-order chi connectivity index (χ1) is 19.0. The van der Waals surface area contributed by atoms with Crippen molar-refractivity contribution in [2.24, 2.45) is 24.3 Å². The van der Waals surface area contributed by atoms with Gasteiger partial charge >= 0.3 is 5.97 Å². The highest BCUT2D eigenvalue weighted by Gasteiger charge is 2.49. The van der Waals surface area contributed by atoms with E-state index in [1.54, 1.807) is 6.07 Å². The number of aliphatic carboxylic acids is 1. The lowest BCUT2D eigenvalue weighted by Gasteiger charge is -2.52. The summed E-state index contributed by atoms with van der Waals surface area (Å²) in [7, 11) is 2.12. The standard InChI is InChI=1S/C31H37Cl3N4O2/c1-18(24-8-7-22(32)12-26(24)34)35-28-25(33)9-6-19-11-27(36(3)29(19)28)38-16-21(17-38)20-5-4-10-37(15-20)23-13-31(2,14-23)30(39)40/h6-9,11-12,18,20-21,23,35H,4-5,10,13-17H2,1-3H3,(H,39,40)/t18-,20+,23?,31?/m1/s1. The van der Waals surface area contributed by atoms with E-state index in [4.69, 9.17) is 34.8 Å². The zero-order valence-corrected chi connectivity index (χ0v) is 25.5. The quantitative estimate of drug-likeness (QED) is 0.290. The minimum Gasteiger partial charge on any atom is -0.481 e. The fraction of sp³-hybridized carbons (Fsp3) is 0.516. The predicted molar refractivity (Wildman–Crippen MR) is 165 cm³/mol. The lowest BCUT2D eigenvalue weighted by atomic mass is 9.65. The highest BCUT2D eigenvalue weighted by Crippen LogP contribution is 2.46. The predicted octanol–water partition coefficient (Wildman–Crippen LogP) is 7.71. The molecular formula is C31H37Cl3N4O2. The number of likely N-dealkylation sites (tertiary alicyclic amines) is 1. The van der Waals surface area contributed by atoms with Crippen molar-refractivity contribution >= 4 is 63.2 Å². The summed E-state index contributed by atoms with van der Waals surface area (Å²) >= 11 is 19.4. The summed E-state index contributed by atoms with van der Waals surface area (Å²) in [4.78, 5) is 16.6. The van der Waals surface area contributed by atoms with Gasteiger partial charge in [-0.2, -0.15) is 0 Å². The van der Waals surface area contributed by atoms with Gasteiger partial charge in [0.25, 0.3) is 0 Å². The van der Waals surface area contributed by atoms with Gasteiger partial charge in [-0.15, -0.1) is 0 Å². The lowest BCUT2D eigenvalue weighted by Crippen LogP contribution is -2.58. The van der Waals surface area contributed by atoms with Crippen molar-refractivity contribution < 1.29 is 9.90 Å². The average molecular weight is 604 g/mol. The number of piperidine rings is 1. The Kier molecular flexibility index (Phi) is 7.44. The summed E-state index contributed by atoms with van der Waals surface area (Å²) in [6.45, 7) is 8.27. The molecule has 9 heteroatoms. The molecule has 1 aromatic heterocycles. The molecule has 0 amide bonds. The second-order valence-electron chi connectivity index (χ2n) is 12.4. The van der Waals surface area contributed by atoms with Crippen LogP contribution in [0.1, 0.15) is 51.1 Å². The van der Waals surface area contributed by atoms with E-state index in [1.165, 1.54) is 18.7 Å². The molecule has 3 aromatic rings. The number of carboxylic acids is 1. The third-order valence-corrected chi connectivity index (χ3v) is 10.6. The van der Waals surface area contributed by atoms with Crippen LogP contribution in [0.25, 0.3) is 10.9 Å². The van der Waals surface area contributed by atoms with Gasteiger partial charge in [-0.3, -0.25) is 4.79 Å². The monoisotopic (exact) mass is 602 g/mol. The zero-order valence-electron chi connectivity index (χ0n) is 23.3. The van der Waals surface area contributed by atoms with Crippen LogP contribution in [0.4, 0.5) is 11.5 Å². The number of benzene rings is 2. The number of aryl methyl sites for hydroxylation is 1. The fourth-order valence-electron chi connectivity index (χ4n) is 7.17. The highest BCUT2D eigenvalue weighted by molar-refractivity contribution is 6.35. The molecule has 6 rings (SSSR count). The molecule has 1 saturated carbocycles. The van der Waals surface area contributed by atoms with Gasteiger partial charge in [0.2, 0.25) is 0 Å². The minimum absolute atomic E-state index is 0.0575. The van der Waals surface area contributed by atoms with Gasteiger partial charge in [-0.1, -0.05) is 46.9 Å². The summed E-state index contributed by atoms with van der Waals surface area (Å²) in [5.41, 5.74) is 2.42. The van der Waals surface area contributed by atoms with Crippen LogP contribution in [-0.2, 0) is 11.8 Å². The van der Waals surface area contributed by atoms with Crippen LogP contribution in [-0.4, -0.2) is 52.8 Å². The molecule has 0 unspecified atom stereocenters. The second kappa shape index (κ2) is 10.6. The lowest BCUT2D eigenvalue weighted by molar-refractivity contribution is -0.158. The molecule has 0 radical (unpaired) electrons. The van der Waals surface area contributed by atoms with Crippen molar-refractivity contribution in [2.75, 3.05) is 36.4 Å². The zero-order chi connectivity index (χ0) is 28.3. The van der Waals surface area contributed by atoms with Gasteiger partial charge in [0.15, 0.2) is 0 Å². The van der Waals surface area contributed by atoms with Crippen LogP contribution < -0.4 is 10.2 Å². The number of halogens is 3. The number of carboxylic acid groups (broad SMARTS) is 1. The molecule has 0 bridgehead atoms. The van der Waals surface area contributed by atoms with E-state index in [1.807, 2.05) is 25.1 Å². The molecule has 3 fully saturated rings. The Morgan fingerprint density at radius 3 is 2.50 bits per heavy atom. The number of hydrogen-bond donors (Lipinski definition) is 2. The topological polar surface area (TPSA) is 60.7 Å². The molecule has 2 saturated heterocycles. The molecule has 2 aliphatic heterocycles. The number of hydrogen-bond acceptors (Lipinski definition) is 4. The maximum Gasteiger partial charge on any atom is 0.309 e. The van der Waals surface area contributed by atoms with Crippen LogP contribution in [0.3, 0.4) is 0 Å². The van der Waals surface area contributed by atoms with E-state index in [-0.39, 0.29) is 6.04 Å². The first-order valence-electron chi connectivity index (χ1n) is 14.3. The number of carbonyl (C=O) groups is 1. The van der Waals surface area contributed by atoms with Crippen LogP contribution >= 0.6 is 34.8 Å². The van der Waals surface area contributed by atoms with Crippen molar-refractivity contribution in [2.45, 2.75) is 51.6 Å². The molecule has 1 aliphatic carbocycles.